The van der Waals surface area contributed by atoms with Gasteiger partial charge in [0.1, 0.15) is 5.00 Å². The number of hydrogen-bond acceptors (Lipinski definition) is 4. The van der Waals surface area contributed by atoms with Crippen molar-refractivity contribution in [1.29, 1.82) is 0 Å². The molecule has 0 radical (unpaired) electrons. The van der Waals surface area contributed by atoms with Crippen LogP contribution in [0.4, 0.5) is 9.80 Å². The number of urea groups is 1. The Hall–Kier alpha value is -1.60. The number of nitrogens with zero attached hydrogens (tertiary/aromatic N) is 1. The number of nitrogens with one attached hydrogen (secondary N) is 2. The van der Waals surface area contributed by atoms with E-state index in [1.807, 2.05) is 39.8 Å². The number of likely N-dealkylation sites (N-methyl/N-ethyl adjacent to an activating group) is 1. The number of anilines is 1. The van der Waals surface area contributed by atoms with Crippen LogP contribution in [0.1, 0.15) is 34.6 Å². The topological polar surface area (TPSA) is 81.7 Å². The van der Waals surface area contributed by atoms with Crippen LogP contribution in [0.3, 0.4) is 0 Å². The van der Waals surface area contributed by atoms with E-state index in [1.54, 1.807) is 6.92 Å². The highest BCUT2D eigenvalue weighted by atomic mass is 32.1. The average molecular weight is 313 g/mol. The molecule has 0 aliphatic carbocycles. The minimum Gasteiger partial charge on any atom is -0.478 e. The molecule has 0 saturated heterocycles. The molecule has 3 N–H and O–H groups in total. The first-order valence-electron chi connectivity index (χ1n) is 6.62. The second kappa shape index (κ2) is 6.44. The Balaban J connectivity index is 2.77. The third kappa shape index (κ3) is 4.18. The first kappa shape index (κ1) is 17.5. The molecule has 1 rings (SSSR count). The summed E-state index contributed by atoms with van der Waals surface area (Å²) in [4.78, 5) is 26.1. The fourth-order valence-electron chi connectivity index (χ4n) is 1.57. The van der Waals surface area contributed by atoms with Gasteiger partial charge in [0.05, 0.1) is 5.56 Å². The molecule has 1 aromatic heterocycles. The molecule has 0 spiro atoms. The second-order valence-corrected chi connectivity index (χ2v) is 7.03. The van der Waals surface area contributed by atoms with Crippen molar-refractivity contribution < 1.29 is 14.7 Å². The maximum atomic E-state index is 12.0. The van der Waals surface area contributed by atoms with E-state index in [4.69, 9.17) is 0 Å². The standard InChI is InChI=1S/C14H23N3O3S/c1-8-9(2)21-11(10(8)12(18)19)16-13(20)15-7-14(3,4)17(5)6/h7H2,1-6H3,(H,18,19)(H2,15,16,20). The lowest BCUT2D eigenvalue weighted by Crippen LogP contribution is -2.49. The zero-order chi connectivity index (χ0) is 16.4. The summed E-state index contributed by atoms with van der Waals surface area (Å²) in [6, 6.07) is -0.395. The van der Waals surface area contributed by atoms with E-state index < -0.39 is 12.0 Å². The van der Waals surface area contributed by atoms with Crippen molar-refractivity contribution in [3.63, 3.8) is 0 Å². The Morgan fingerprint density at radius 3 is 2.33 bits per heavy atom. The van der Waals surface area contributed by atoms with Gasteiger partial charge < -0.3 is 15.3 Å². The number of aromatic carboxylic acids is 1. The fraction of sp³-hybridized carbons (Fsp3) is 0.571. The predicted molar refractivity (Wildman–Crippen MR) is 85.5 cm³/mol. The molecule has 0 saturated carbocycles. The number of amides is 2. The van der Waals surface area contributed by atoms with Crippen LogP contribution >= 0.6 is 11.3 Å². The van der Waals surface area contributed by atoms with Crippen LogP contribution in [0.25, 0.3) is 0 Å². The monoisotopic (exact) mass is 313 g/mol. The Bertz CT molecular complexity index is 550. The van der Waals surface area contributed by atoms with E-state index in [9.17, 15) is 14.7 Å². The minimum absolute atomic E-state index is 0.166. The van der Waals surface area contributed by atoms with Crippen LogP contribution in [-0.2, 0) is 0 Å². The molecule has 0 aliphatic rings. The Morgan fingerprint density at radius 2 is 1.86 bits per heavy atom. The van der Waals surface area contributed by atoms with Crippen LogP contribution in [0, 0.1) is 13.8 Å². The minimum atomic E-state index is -1.03. The number of carboxylic acids is 1. The zero-order valence-corrected chi connectivity index (χ0v) is 14.1. The zero-order valence-electron chi connectivity index (χ0n) is 13.3. The molecule has 21 heavy (non-hydrogen) atoms. The van der Waals surface area contributed by atoms with Gasteiger partial charge in [-0.3, -0.25) is 5.32 Å². The van der Waals surface area contributed by atoms with Gasteiger partial charge in [-0.1, -0.05) is 0 Å². The van der Waals surface area contributed by atoms with E-state index in [-0.39, 0.29) is 11.1 Å². The van der Waals surface area contributed by atoms with Gasteiger partial charge in [0.2, 0.25) is 0 Å². The smallest absolute Gasteiger partial charge is 0.338 e. The summed E-state index contributed by atoms with van der Waals surface area (Å²) < 4.78 is 0. The van der Waals surface area contributed by atoms with Gasteiger partial charge in [-0.15, -0.1) is 11.3 Å². The van der Waals surface area contributed by atoms with Gasteiger partial charge in [-0.25, -0.2) is 9.59 Å². The summed E-state index contributed by atoms with van der Waals surface area (Å²) in [5.41, 5.74) is 0.671. The summed E-state index contributed by atoms with van der Waals surface area (Å²) >= 11 is 1.27. The van der Waals surface area contributed by atoms with Gasteiger partial charge in [0.25, 0.3) is 0 Å². The first-order valence-corrected chi connectivity index (χ1v) is 7.43. The number of thiophene rings is 1. The number of carbonyl (C=O) groups is 2. The number of aryl methyl sites for hydroxylation is 1. The molecule has 0 aromatic carbocycles. The average Bonchev–Trinajstić information content (AvgIpc) is 2.62. The van der Waals surface area contributed by atoms with Crippen molar-refractivity contribution in [1.82, 2.24) is 10.2 Å². The van der Waals surface area contributed by atoms with Crippen LogP contribution in [0.2, 0.25) is 0 Å². The highest BCUT2D eigenvalue weighted by Gasteiger charge is 2.23. The Labute approximate surface area is 129 Å². The highest BCUT2D eigenvalue weighted by molar-refractivity contribution is 7.16. The molecule has 0 aliphatic heterocycles. The predicted octanol–water partition coefficient (Wildman–Crippen LogP) is 2.52. The molecule has 0 bridgehead atoms. The molecular formula is C14H23N3O3S. The summed E-state index contributed by atoms with van der Waals surface area (Å²) in [6.45, 7) is 8.06. The van der Waals surface area contributed by atoms with E-state index in [2.05, 4.69) is 10.6 Å². The molecule has 6 nitrogen and oxygen atoms in total. The number of rotatable bonds is 5. The number of carboxylic acid groups (broad SMARTS) is 1. The highest BCUT2D eigenvalue weighted by Crippen LogP contribution is 2.32. The molecule has 118 valence electrons. The van der Waals surface area contributed by atoms with Crippen LogP contribution in [0.15, 0.2) is 0 Å². The summed E-state index contributed by atoms with van der Waals surface area (Å²) in [5.74, 6) is -1.03. The molecule has 0 fully saturated rings. The maximum Gasteiger partial charge on any atom is 0.338 e. The number of carbonyl (C=O) groups excluding carboxylic acids is 1. The lowest BCUT2D eigenvalue weighted by atomic mass is 10.1. The Morgan fingerprint density at radius 1 is 1.29 bits per heavy atom. The molecule has 0 atom stereocenters. The molecule has 0 unspecified atom stereocenters. The lowest BCUT2D eigenvalue weighted by Gasteiger charge is -2.32. The lowest BCUT2D eigenvalue weighted by molar-refractivity contribution is 0.0697. The van der Waals surface area contributed by atoms with Crippen molar-refractivity contribution in [3.8, 4) is 0 Å². The summed E-state index contributed by atoms with van der Waals surface area (Å²) in [7, 11) is 3.88. The maximum absolute atomic E-state index is 12.0. The normalized spacial score (nSPS) is 11.6. The van der Waals surface area contributed by atoms with Gasteiger partial charge in [0.15, 0.2) is 0 Å². The third-order valence-corrected chi connectivity index (χ3v) is 4.84. The van der Waals surface area contributed by atoms with Gasteiger partial charge in [-0.2, -0.15) is 0 Å². The van der Waals surface area contributed by atoms with Gasteiger partial charge in [-0.05, 0) is 47.4 Å². The van der Waals surface area contributed by atoms with Crippen molar-refractivity contribution in [3.05, 3.63) is 16.0 Å². The van der Waals surface area contributed by atoms with Crippen LogP contribution in [-0.4, -0.2) is 48.2 Å². The molecule has 1 aromatic rings. The van der Waals surface area contributed by atoms with Crippen molar-refractivity contribution >= 4 is 28.3 Å². The second-order valence-electron chi connectivity index (χ2n) is 5.81. The van der Waals surface area contributed by atoms with Crippen LogP contribution in [0.5, 0.6) is 0 Å². The largest absolute Gasteiger partial charge is 0.478 e. The van der Waals surface area contributed by atoms with E-state index in [0.29, 0.717) is 17.1 Å². The van der Waals surface area contributed by atoms with E-state index >= 15 is 0 Å². The van der Waals surface area contributed by atoms with Crippen molar-refractivity contribution in [2.75, 3.05) is 26.0 Å². The first-order chi connectivity index (χ1) is 9.56. The van der Waals surface area contributed by atoms with Gasteiger partial charge in [0, 0.05) is 17.0 Å². The summed E-state index contributed by atoms with van der Waals surface area (Å²) in [5, 5.41) is 15.0. The van der Waals surface area contributed by atoms with E-state index in [1.165, 1.54) is 11.3 Å². The molecule has 7 heteroatoms. The fourth-order valence-corrected chi connectivity index (χ4v) is 2.62. The molecule has 2 amide bonds. The van der Waals surface area contributed by atoms with Crippen molar-refractivity contribution in [2.45, 2.75) is 33.2 Å². The Kier molecular flexibility index (Phi) is 5.36. The third-order valence-electron chi connectivity index (χ3n) is 3.72. The number of hydrogen-bond donors (Lipinski definition) is 3. The van der Waals surface area contributed by atoms with E-state index in [0.717, 1.165) is 4.88 Å². The molecular weight excluding hydrogens is 290 g/mol. The quantitative estimate of drug-likeness (QED) is 0.780. The van der Waals surface area contributed by atoms with Crippen molar-refractivity contribution in [2.24, 2.45) is 0 Å². The SMILES string of the molecule is Cc1sc(NC(=O)NCC(C)(C)N(C)C)c(C(=O)O)c1C. The van der Waals surface area contributed by atoms with Crippen LogP contribution < -0.4 is 10.6 Å². The summed E-state index contributed by atoms with van der Waals surface area (Å²) in [6.07, 6.45) is 0. The van der Waals surface area contributed by atoms with Gasteiger partial charge >= 0.3 is 12.0 Å². The molecule has 1 heterocycles.